The number of aliphatic hydroxyl groups excluding tert-OH is 1. The van der Waals surface area contributed by atoms with Gasteiger partial charge in [-0.2, -0.15) is 0 Å². The molecule has 0 spiro atoms. The third-order valence-electron chi connectivity index (χ3n) is 3.81. The second kappa shape index (κ2) is 6.52. The predicted octanol–water partition coefficient (Wildman–Crippen LogP) is 1.49. The summed E-state index contributed by atoms with van der Waals surface area (Å²) in [5.41, 5.74) is 1.54. The van der Waals surface area contributed by atoms with Crippen LogP contribution in [0, 0.1) is 5.92 Å². The molecule has 0 aliphatic carbocycles. The van der Waals surface area contributed by atoms with Crippen molar-refractivity contribution in [2.75, 3.05) is 31.7 Å². The van der Waals surface area contributed by atoms with E-state index in [1.165, 1.54) is 7.11 Å². The van der Waals surface area contributed by atoms with Gasteiger partial charge in [-0.15, -0.1) is 0 Å². The molecule has 0 aromatic heterocycles. The van der Waals surface area contributed by atoms with Gasteiger partial charge in [-0.1, -0.05) is 0 Å². The van der Waals surface area contributed by atoms with Gasteiger partial charge in [0.25, 0.3) is 0 Å². The second-order valence-corrected chi connectivity index (χ2v) is 4.99. The van der Waals surface area contributed by atoms with E-state index < -0.39 is 5.97 Å². The number of aldehydes is 1. The summed E-state index contributed by atoms with van der Waals surface area (Å²) in [5, 5.41) is 9.15. The maximum Gasteiger partial charge on any atom is 0.338 e. The largest absolute Gasteiger partial charge is 0.465 e. The average Bonchev–Trinajstić information content (AvgIpc) is 2.53. The molecule has 5 nitrogen and oxygen atoms in total. The molecule has 0 bridgehead atoms. The number of methoxy groups -OCH3 is 1. The number of hydrogen-bond donors (Lipinski definition) is 1. The number of carbonyl (C=O) groups excluding carboxylic acids is 2. The lowest BCUT2D eigenvalue weighted by molar-refractivity contribution is 0.0598. The van der Waals surface area contributed by atoms with Crippen LogP contribution in [0.25, 0.3) is 0 Å². The van der Waals surface area contributed by atoms with Crippen LogP contribution in [0.15, 0.2) is 18.2 Å². The van der Waals surface area contributed by atoms with Crippen molar-refractivity contribution in [3.63, 3.8) is 0 Å². The monoisotopic (exact) mass is 277 g/mol. The Morgan fingerprint density at radius 3 is 2.70 bits per heavy atom. The summed E-state index contributed by atoms with van der Waals surface area (Å²) in [4.78, 5) is 24.8. The molecular formula is C15H19NO4. The molecule has 0 saturated carbocycles. The van der Waals surface area contributed by atoms with Crippen molar-refractivity contribution in [1.82, 2.24) is 0 Å². The van der Waals surface area contributed by atoms with Crippen molar-refractivity contribution in [3.05, 3.63) is 29.3 Å². The summed E-state index contributed by atoms with van der Waals surface area (Å²) < 4.78 is 4.71. The molecule has 0 amide bonds. The van der Waals surface area contributed by atoms with Crippen LogP contribution in [0.5, 0.6) is 0 Å². The highest BCUT2D eigenvalue weighted by Crippen LogP contribution is 2.25. The van der Waals surface area contributed by atoms with E-state index in [4.69, 9.17) is 9.84 Å². The number of hydrogen-bond acceptors (Lipinski definition) is 5. The van der Waals surface area contributed by atoms with E-state index in [1.807, 2.05) is 6.07 Å². The smallest absolute Gasteiger partial charge is 0.338 e. The zero-order valence-electron chi connectivity index (χ0n) is 11.5. The van der Waals surface area contributed by atoms with Gasteiger partial charge >= 0.3 is 5.97 Å². The van der Waals surface area contributed by atoms with Crippen LogP contribution in [0.1, 0.15) is 33.6 Å². The van der Waals surface area contributed by atoms with Crippen molar-refractivity contribution in [1.29, 1.82) is 0 Å². The first-order valence-corrected chi connectivity index (χ1v) is 6.73. The molecule has 1 aliphatic rings. The van der Waals surface area contributed by atoms with Crippen LogP contribution in [0.2, 0.25) is 0 Å². The van der Waals surface area contributed by atoms with Crippen molar-refractivity contribution in [3.8, 4) is 0 Å². The van der Waals surface area contributed by atoms with E-state index in [-0.39, 0.29) is 6.61 Å². The fourth-order valence-corrected chi connectivity index (χ4v) is 2.50. The number of nitrogens with zero attached hydrogens (tertiary/aromatic N) is 1. The highest BCUT2D eigenvalue weighted by Gasteiger charge is 2.20. The van der Waals surface area contributed by atoms with E-state index in [0.717, 1.165) is 31.6 Å². The summed E-state index contributed by atoms with van der Waals surface area (Å²) >= 11 is 0. The first-order chi connectivity index (χ1) is 9.69. The molecule has 1 N–H and O–H groups in total. The number of anilines is 1. The van der Waals surface area contributed by atoms with Crippen molar-refractivity contribution < 1.29 is 19.4 Å². The average molecular weight is 277 g/mol. The summed E-state index contributed by atoms with van der Waals surface area (Å²) in [6.45, 7) is 1.91. The summed E-state index contributed by atoms with van der Waals surface area (Å²) in [6.07, 6.45) is 2.52. The first-order valence-electron chi connectivity index (χ1n) is 6.73. The van der Waals surface area contributed by atoms with Gasteiger partial charge in [-0.3, -0.25) is 4.79 Å². The van der Waals surface area contributed by atoms with Gasteiger partial charge in [0.1, 0.15) is 0 Å². The summed E-state index contributed by atoms with van der Waals surface area (Å²) in [6, 6.07) is 5.19. The molecule has 1 aromatic rings. The van der Waals surface area contributed by atoms with Crippen molar-refractivity contribution in [2.24, 2.45) is 5.92 Å². The molecule has 0 unspecified atom stereocenters. The third kappa shape index (κ3) is 2.99. The Balaban J connectivity index is 2.21. The van der Waals surface area contributed by atoms with E-state index >= 15 is 0 Å². The topological polar surface area (TPSA) is 66.8 Å². The number of benzene rings is 1. The number of rotatable bonds is 4. The maximum absolute atomic E-state index is 11.7. The van der Waals surface area contributed by atoms with Gasteiger partial charge in [0.2, 0.25) is 0 Å². The molecule has 20 heavy (non-hydrogen) atoms. The Labute approximate surface area is 118 Å². The molecule has 5 heteroatoms. The van der Waals surface area contributed by atoms with Crippen molar-refractivity contribution in [2.45, 2.75) is 12.8 Å². The zero-order valence-corrected chi connectivity index (χ0v) is 11.5. The Kier molecular flexibility index (Phi) is 4.74. The highest BCUT2D eigenvalue weighted by atomic mass is 16.5. The molecule has 1 aliphatic heterocycles. The van der Waals surface area contributed by atoms with Crippen LogP contribution >= 0.6 is 0 Å². The summed E-state index contributed by atoms with van der Waals surface area (Å²) in [7, 11) is 1.30. The molecule has 0 atom stereocenters. The standard InChI is InChI=1S/C15H19NO4/c1-20-15(19)14-8-13(3-2-12(14)10-18)16-6-4-11(9-17)5-7-16/h2-3,8,10-11,17H,4-7,9H2,1H3. The third-order valence-corrected chi connectivity index (χ3v) is 3.81. The minimum absolute atomic E-state index is 0.228. The van der Waals surface area contributed by atoms with E-state index in [1.54, 1.807) is 12.1 Å². The lowest BCUT2D eigenvalue weighted by atomic mass is 9.97. The molecule has 108 valence electrons. The molecule has 2 rings (SSSR count). The van der Waals surface area contributed by atoms with E-state index in [2.05, 4.69) is 4.90 Å². The minimum Gasteiger partial charge on any atom is -0.465 e. The lowest BCUT2D eigenvalue weighted by Gasteiger charge is -2.33. The number of piperidine rings is 1. The molecule has 1 saturated heterocycles. The Hall–Kier alpha value is -1.88. The number of ether oxygens (including phenoxy) is 1. The predicted molar refractivity (Wildman–Crippen MR) is 75.2 cm³/mol. The van der Waals surface area contributed by atoms with E-state index in [9.17, 15) is 9.59 Å². The molecule has 1 heterocycles. The minimum atomic E-state index is -0.501. The van der Waals surface area contributed by atoms with Gasteiger partial charge in [0.15, 0.2) is 6.29 Å². The maximum atomic E-state index is 11.7. The number of esters is 1. The highest BCUT2D eigenvalue weighted by molar-refractivity contribution is 5.99. The number of aliphatic hydroxyl groups is 1. The summed E-state index contributed by atoms with van der Waals surface area (Å²) in [5.74, 6) is -0.139. The lowest BCUT2D eigenvalue weighted by Crippen LogP contribution is -2.34. The quantitative estimate of drug-likeness (QED) is 0.667. The van der Waals surface area contributed by atoms with Gasteiger partial charge in [-0.05, 0) is 37.0 Å². The normalized spacial score (nSPS) is 16.0. The molecular weight excluding hydrogens is 258 g/mol. The zero-order chi connectivity index (χ0) is 14.5. The van der Waals surface area contributed by atoms with Crippen LogP contribution in [-0.4, -0.2) is 44.2 Å². The van der Waals surface area contributed by atoms with Gasteiger partial charge in [-0.25, -0.2) is 4.79 Å². The Morgan fingerprint density at radius 1 is 1.45 bits per heavy atom. The Morgan fingerprint density at radius 2 is 2.15 bits per heavy atom. The molecule has 0 radical (unpaired) electrons. The van der Waals surface area contributed by atoms with Crippen molar-refractivity contribution >= 4 is 17.9 Å². The van der Waals surface area contributed by atoms with Crippen LogP contribution in [0.3, 0.4) is 0 Å². The van der Waals surface area contributed by atoms with Crippen LogP contribution in [0.4, 0.5) is 5.69 Å². The SMILES string of the molecule is COC(=O)c1cc(N2CCC(CO)CC2)ccc1C=O. The van der Waals surface area contributed by atoms with Gasteiger partial charge < -0.3 is 14.7 Å². The second-order valence-electron chi connectivity index (χ2n) is 4.99. The van der Waals surface area contributed by atoms with E-state index in [0.29, 0.717) is 23.3 Å². The van der Waals surface area contributed by atoms with Gasteiger partial charge in [0, 0.05) is 30.9 Å². The fraction of sp³-hybridized carbons (Fsp3) is 0.467. The first kappa shape index (κ1) is 14.5. The molecule has 1 fully saturated rings. The number of carbonyl (C=O) groups is 2. The fourth-order valence-electron chi connectivity index (χ4n) is 2.50. The van der Waals surface area contributed by atoms with Crippen LogP contribution in [-0.2, 0) is 4.74 Å². The Bertz CT molecular complexity index is 493. The van der Waals surface area contributed by atoms with Crippen LogP contribution < -0.4 is 4.90 Å². The molecule has 1 aromatic carbocycles. The van der Waals surface area contributed by atoms with Gasteiger partial charge in [0.05, 0.1) is 12.7 Å².